The van der Waals surface area contributed by atoms with Gasteiger partial charge in [-0.15, -0.1) is 0 Å². The van der Waals surface area contributed by atoms with Gasteiger partial charge in [-0.2, -0.15) is 0 Å². The van der Waals surface area contributed by atoms with Gasteiger partial charge in [0.25, 0.3) is 0 Å². The summed E-state index contributed by atoms with van der Waals surface area (Å²) in [6, 6.07) is 5.44. The van der Waals surface area contributed by atoms with Crippen molar-refractivity contribution in [1.29, 1.82) is 0 Å². The van der Waals surface area contributed by atoms with Gasteiger partial charge in [0.15, 0.2) is 0 Å². The summed E-state index contributed by atoms with van der Waals surface area (Å²) < 4.78 is 11.8. The maximum Gasteiger partial charge on any atom is 0.241 e. The maximum atomic E-state index is 11.9. The van der Waals surface area contributed by atoms with E-state index in [2.05, 4.69) is 11.9 Å². The highest BCUT2D eigenvalue weighted by Gasteiger charge is 2.45. The number of nitrogens with one attached hydrogen (secondary N) is 1. The maximum absolute atomic E-state index is 11.9. The Bertz CT molecular complexity index is 794. The number of rotatable bonds is 7. The third-order valence-electron chi connectivity index (χ3n) is 5.16. The van der Waals surface area contributed by atoms with Crippen molar-refractivity contribution in [2.24, 2.45) is 11.5 Å². The summed E-state index contributed by atoms with van der Waals surface area (Å²) in [4.78, 5) is 11.9. The predicted molar refractivity (Wildman–Crippen MR) is 104 cm³/mol. The molecule has 1 saturated carbocycles. The molecule has 0 aromatic heterocycles. The molecule has 6 nitrogen and oxygen atoms in total. The van der Waals surface area contributed by atoms with Crippen molar-refractivity contribution >= 4 is 5.91 Å². The SMILES string of the molecule is C=C(/C=C\C(=C/N)NC(=O)[C@H](N)CC)Oc1ccc2c(c1)C1(CCC1)OC2. The lowest BCUT2D eigenvalue weighted by atomic mass is 9.75. The van der Waals surface area contributed by atoms with E-state index >= 15 is 0 Å². The summed E-state index contributed by atoms with van der Waals surface area (Å²) in [5.41, 5.74) is 14.0. The lowest BCUT2D eigenvalue weighted by Gasteiger charge is -2.38. The number of ether oxygens (including phenoxy) is 2. The number of hydrogen-bond acceptors (Lipinski definition) is 5. The topological polar surface area (TPSA) is 99.6 Å². The molecule has 6 heteroatoms. The molecule has 1 aliphatic carbocycles. The second-order valence-electron chi connectivity index (χ2n) is 6.98. The van der Waals surface area contributed by atoms with Crippen molar-refractivity contribution in [1.82, 2.24) is 5.32 Å². The molecular weight excluding hydrogens is 342 g/mol. The van der Waals surface area contributed by atoms with Gasteiger partial charge in [-0.25, -0.2) is 0 Å². The Morgan fingerprint density at radius 3 is 2.85 bits per heavy atom. The van der Waals surface area contributed by atoms with E-state index in [1.165, 1.54) is 23.7 Å². The first-order valence-electron chi connectivity index (χ1n) is 9.28. The standard InChI is InChI=1S/C21H27N3O3/c1-3-19(23)20(25)24-16(12-22)7-5-14(2)27-17-8-6-15-13-26-21(9-4-10-21)18(15)11-17/h5-8,11-12,19H,2-4,9-10,13,22-23H2,1H3,(H,24,25)/b7-5-,16-12+/t19-/m1/s1. The summed E-state index contributed by atoms with van der Waals surface area (Å²) >= 11 is 0. The summed E-state index contributed by atoms with van der Waals surface area (Å²) in [6.07, 6.45) is 8.46. The monoisotopic (exact) mass is 369 g/mol. The zero-order valence-electron chi connectivity index (χ0n) is 15.7. The summed E-state index contributed by atoms with van der Waals surface area (Å²) in [5.74, 6) is 0.871. The minimum absolute atomic E-state index is 0.107. The lowest BCUT2D eigenvalue weighted by Crippen LogP contribution is -2.39. The van der Waals surface area contributed by atoms with E-state index in [4.69, 9.17) is 20.9 Å². The molecule has 3 rings (SSSR count). The first-order chi connectivity index (χ1) is 13.0. The molecule has 1 fully saturated rings. The number of amides is 1. The molecule has 0 saturated heterocycles. The van der Waals surface area contributed by atoms with Crippen molar-refractivity contribution in [2.75, 3.05) is 0 Å². The number of hydrogen-bond donors (Lipinski definition) is 3. The Morgan fingerprint density at radius 1 is 1.44 bits per heavy atom. The first kappa shape index (κ1) is 19.2. The van der Waals surface area contributed by atoms with Gasteiger partial charge in [0, 0.05) is 6.20 Å². The normalized spacial score (nSPS) is 18.8. The Kier molecular flexibility index (Phi) is 5.68. The van der Waals surface area contributed by atoms with Crippen molar-refractivity contribution in [3.05, 3.63) is 65.7 Å². The van der Waals surface area contributed by atoms with Crippen LogP contribution in [0.1, 0.15) is 43.7 Å². The Hall–Kier alpha value is -2.57. The Labute approximate surface area is 159 Å². The smallest absolute Gasteiger partial charge is 0.241 e. The number of benzene rings is 1. The number of nitrogens with two attached hydrogens (primary N) is 2. The molecule has 144 valence electrons. The van der Waals surface area contributed by atoms with Crippen LogP contribution in [0.2, 0.25) is 0 Å². The van der Waals surface area contributed by atoms with Gasteiger partial charge in [-0.1, -0.05) is 19.6 Å². The molecule has 2 aliphatic rings. The van der Waals surface area contributed by atoms with Crippen LogP contribution in [-0.2, 0) is 21.7 Å². The molecule has 5 N–H and O–H groups in total. The van der Waals surface area contributed by atoms with Crippen LogP contribution in [0.3, 0.4) is 0 Å². The zero-order chi connectivity index (χ0) is 19.4. The van der Waals surface area contributed by atoms with Crippen LogP contribution in [0.4, 0.5) is 0 Å². The molecular formula is C21H27N3O3. The fourth-order valence-electron chi connectivity index (χ4n) is 3.30. The Morgan fingerprint density at radius 2 is 2.22 bits per heavy atom. The van der Waals surface area contributed by atoms with Gasteiger partial charge >= 0.3 is 0 Å². The summed E-state index contributed by atoms with van der Waals surface area (Å²) in [5, 5.41) is 2.67. The highest BCUT2D eigenvalue weighted by atomic mass is 16.5. The van der Waals surface area contributed by atoms with Gasteiger partial charge in [-0.05, 0) is 61.1 Å². The largest absolute Gasteiger partial charge is 0.458 e. The third kappa shape index (κ3) is 4.07. The molecule has 1 heterocycles. The second kappa shape index (κ2) is 7.98. The molecule has 0 bridgehead atoms. The van der Waals surface area contributed by atoms with E-state index < -0.39 is 6.04 Å². The van der Waals surface area contributed by atoms with E-state index in [-0.39, 0.29) is 11.5 Å². The number of allylic oxidation sites excluding steroid dienone is 2. The van der Waals surface area contributed by atoms with Crippen LogP contribution in [0.5, 0.6) is 5.75 Å². The third-order valence-corrected chi connectivity index (χ3v) is 5.16. The van der Waals surface area contributed by atoms with Gasteiger partial charge in [0.2, 0.25) is 5.91 Å². The van der Waals surface area contributed by atoms with Crippen molar-refractivity contribution in [3.8, 4) is 5.75 Å². The van der Waals surface area contributed by atoms with E-state index in [0.717, 1.165) is 18.6 Å². The van der Waals surface area contributed by atoms with Crippen molar-refractivity contribution in [3.63, 3.8) is 0 Å². The van der Waals surface area contributed by atoms with Crippen LogP contribution in [0.25, 0.3) is 0 Å². The average Bonchev–Trinajstić information content (AvgIpc) is 3.03. The van der Waals surface area contributed by atoms with Gasteiger partial charge in [-0.3, -0.25) is 4.79 Å². The van der Waals surface area contributed by atoms with E-state index in [1.54, 1.807) is 12.2 Å². The van der Waals surface area contributed by atoms with Crippen LogP contribution in [0, 0.1) is 0 Å². The van der Waals surface area contributed by atoms with Crippen LogP contribution < -0.4 is 21.5 Å². The van der Waals surface area contributed by atoms with Gasteiger partial charge < -0.3 is 26.3 Å². The van der Waals surface area contributed by atoms with Crippen LogP contribution >= 0.6 is 0 Å². The van der Waals surface area contributed by atoms with Crippen LogP contribution in [-0.4, -0.2) is 11.9 Å². The first-order valence-corrected chi connectivity index (χ1v) is 9.28. The van der Waals surface area contributed by atoms with Gasteiger partial charge in [0.1, 0.15) is 11.5 Å². The number of carbonyl (C=O) groups is 1. The molecule has 1 atom stereocenters. The molecule has 0 radical (unpaired) electrons. The molecule has 1 aromatic carbocycles. The second-order valence-corrected chi connectivity index (χ2v) is 6.98. The predicted octanol–water partition coefficient (Wildman–Crippen LogP) is 2.70. The summed E-state index contributed by atoms with van der Waals surface area (Å²) in [7, 11) is 0. The number of fused-ring (bicyclic) bond motifs is 2. The molecule has 1 amide bonds. The van der Waals surface area contributed by atoms with Crippen molar-refractivity contribution in [2.45, 2.75) is 50.9 Å². The van der Waals surface area contributed by atoms with E-state index in [9.17, 15) is 4.79 Å². The highest BCUT2D eigenvalue weighted by Crippen LogP contribution is 2.51. The average molecular weight is 369 g/mol. The molecule has 1 aromatic rings. The van der Waals surface area contributed by atoms with Crippen LogP contribution in [0.15, 0.2) is 54.6 Å². The van der Waals surface area contributed by atoms with Crippen molar-refractivity contribution < 1.29 is 14.3 Å². The van der Waals surface area contributed by atoms with E-state index in [1.807, 2.05) is 25.1 Å². The highest BCUT2D eigenvalue weighted by molar-refractivity contribution is 5.83. The molecule has 27 heavy (non-hydrogen) atoms. The molecule has 1 spiro atoms. The molecule has 1 aliphatic heterocycles. The molecule has 0 unspecified atom stereocenters. The number of carbonyl (C=O) groups excluding carboxylic acids is 1. The summed E-state index contributed by atoms with van der Waals surface area (Å²) in [6.45, 7) is 6.42. The fourth-order valence-corrected chi connectivity index (χ4v) is 3.30. The Balaban J connectivity index is 1.62. The van der Waals surface area contributed by atoms with E-state index in [0.29, 0.717) is 24.5 Å². The zero-order valence-corrected chi connectivity index (χ0v) is 15.7. The quantitative estimate of drug-likeness (QED) is 0.507. The van der Waals surface area contributed by atoms with Gasteiger partial charge in [0.05, 0.1) is 23.9 Å². The fraction of sp³-hybridized carbons (Fsp3) is 0.381. The minimum Gasteiger partial charge on any atom is -0.458 e. The lowest BCUT2D eigenvalue weighted by molar-refractivity contribution is -0.121. The minimum atomic E-state index is -0.569.